The highest BCUT2D eigenvalue weighted by molar-refractivity contribution is 5.34. The second-order valence-electron chi connectivity index (χ2n) is 4.28. The summed E-state index contributed by atoms with van der Waals surface area (Å²) >= 11 is 0. The Labute approximate surface area is 122 Å². The molecule has 0 atom stereocenters. The number of nitrogen functional groups attached to an aromatic ring is 1. The molecule has 0 bridgehead atoms. The molecule has 9 nitrogen and oxygen atoms in total. The van der Waals surface area contributed by atoms with E-state index >= 15 is 0 Å². The highest BCUT2D eigenvalue weighted by atomic mass is 16.5. The van der Waals surface area contributed by atoms with Gasteiger partial charge >= 0.3 is 6.01 Å². The van der Waals surface area contributed by atoms with Crippen molar-refractivity contribution in [2.45, 2.75) is 26.3 Å². The van der Waals surface area contributed by atoms with E-state index in [2.05, 4.69) is 30.7 Å². The maximum atomic E-state index is 5.32. The molecule has 0 saturated heterocycles. The van der Waals surface area contributed by atoms with Crippen LogP contribution in [-0.4, -0.2) is 37.7 Å². The van der Waals surface area contributed by atoms with Crippen molar-refractivity contribution >= 4 is 11.9 Å². The van der Waals surface area contributed by atoms with Gasteiger partial charge in [0.1, 0.15) is 0 Å². The van der Waals surface area contributed by atoms with E-state index in [0.29, 0.717) is 12.6 Å². The minimum absolute atomic E-state index is 0.251. The second-order valence-corrected chi connectivity index (χ2v) is 4.28. The highest BCUT2D eigenvalue weighted by Gasteiger charge is 2.05. The molecule has 0 radical (unpaired) electrons. The van der Waals surface area contributed by atoms with Crippen LogP contribution >= 0.6 is 0 Å². The molecule has 0 aromatic carbocycles. The van der Waals surface area contributed by atoms with Crippen molar-refractivity contribution in [3.05, 3.63) is 18.7 Å². The summed E-state index contributed by atoms with van der Waals surface area (Å²) in [5, 5.41) is 3.14. The Morgan fingerprint density at radius 1 is 1.24 bits per heavy atom. The molecule has 0 spiro atoms. The van der Waals surface area contributed by atoms with E-state index in [0.717, 1.165) is 25.9 Å². The monoisotopic (exact) mass is 292 g/mol. The first-order valence-electron chi connectivity index (χ1n) is 6.87. The summed E-state index contributed by atoms with van der Waals surface area (Å²) < 4.78 is 7.31. The van der Waals surface area contributed by atoms with Crippen LogP contribution in [0.3, 0.4) is 0 Å². The predicted molar refractivity (Wildman–Crippen MR) is 78.8 cm³/mol. The fourth-order valence-electron chi connectivity index (χ4n) is 1.73. The maximum absolute atomic E-state index is 5.32. The van der Waals surface area contributed by atoms with E-state index in [1.165, 1.54) is 0 Å². The maximum Gasteiger partial charge on any atom is 0.323 e. The summed E-state index contributed by atoms with van der Waals surface area (Å²) in [5.41, 5.74) is 2.39. The lowest BCUT2D eigenvalue weighted by molar-refractivity contribution is 0.312. The summed E-state index contributed by atoms with van der Waals surface area (Å²) in [6, 6.07) is 0.251. The number of nitrogens with two attached hydrogens (primary N) is 1. The predicted octanol–water partition coefficient (Wildman–Crippen LogP) is 0.645. The molecule has 0 fully saturated rings. The molecular formula is C12H20N8O. The number of aromatic nitrogens is 5. The van der Waals surface area contributed by atoms with Gasteiger partial charge in [-0.05, 0) is 19.8 Å². The van der Waals surface area contributed by atoms with Gasteiger partial charge in [-0.2, -0.15) is 15.0 Å². The van der Waals surface area contributed by atoms with Gasteiger partial charge in [-0.25, -0.2) is 10.8 Å². The van der Waals surface area contributed by atoms with Gasteiger partial charge in [0.25, 0.3) is 0 Å². The number of rotatable bonds is 9. The van der Waals surface area contributed by atoms with Gasteiger partial charge in [0.2, 0.25) is 11.9 Å². The molecule has 0 amide bonds. The number of nitrogens with one attached hydrogen (secondary N) is 2. The molecular weight excluding hydrogens is 272 g/mol. The standard InChI is InChI=1S/C12H20N8O/c1-2-21-12-17-10(16-11(18-12)19-13)15-5-3-4-7-20-8-6-14-9-20/h6,8-9H,2-5,7,13H2,1H3,(H2,15,16,17,18,19). The zero-order valence-electron chi connectivity index (χ0n) is 12.0. The van der Waals surface area contributed by atoms with Gasteiger partial charge in [-0.15, -0.1) is 0 Å². The number of aryl methyl sites for hydroxylation is 1. The molecule has 4 N–H and O–H groups in total. The number of imidazole rings is 1. The first-order chi connectivity index (χ1) is 10.3. The van der Waals surface area contributed by atoms with E-state index in [4.69, 9.17) is 10.6 Å². The first kappa shape index (κ1) is 15.0. The average molecular weight is 292 g/mol. The average Bonchev–Trinajstić information content (AvgIpc) is 3.00. The van der Waals surface area contributed by atoms with Gasteiger partial charge in [0.05, 0.1) is 12.9 Å². The van der Waals surface area contributed by atoms with Crippen molar-refractivity contribution < 1.29 is 4.74 Å². The van der Waals surface area contributed by atoms with E-state index in [9.17, 15) is 0 Å². The number of ether oxygens (including phenoxy) is 1. The van der Waals surface area contributed by atoms with Gasteiger partial charge < -0.3 is 14.6 Å². The number of hydrogen-bond donors (Lipinski definition) is 3. The van der Waals surface area contributed by atoms with Crippen LogP contribution in [0.4, 0.5) is 11.9 Å². The van der Waals surface area contributed by atoms with Crippen molar-refractivity contribution in [3.8, 4) is 6.01 Å². The molecule has 2 aromatic heterocycles. The van der Waals surface area contributed by atoms with Crippen LogP contribution in [0.2, 0.25) is 0 Å². The Hall–Kier alpha value is -2.42. The van der Waals surface area contributed by atoms with Gasteiger partial charge in [-0.1, -0.05) is 0 Å². The Bertz CT molecular complexity index is 530. The molecule has 0 aliphatic rings. The molecule has 2 heterocycles. The number of anilines is 2. The SMILES string of the molecule is CCOc1nc(NN)nc(NCCCCn2ccnc2)n1. The lowest BCUT2D eigenvalue weighted by atomic mass is 10.3. The first-order valence-corrected chi connectivity index (χ1v) is 6.87. The molecule has 21 heavy (non-hydrogen) atoms. The Kier molecular flexibility index (Phi) is 5.71. The number of nitrogens with zero attached hydrogens (tertiary/aromatic N) is 5. The molecule has 0 unspecified atom stereocenters. The van der Waals surface area contributed by atoms with Crippen LogP contribution in [0, 0.1) is 0 Å². The van der Waals surface area contributed by atoms with E-state index < -0.39 is 0 Å². The smallest absolute Gasteiger partial charge is 0.323 e. The van der Waals surface area contributed by atoms with Crippen molar-refractivity contribution in [2.75, 3.05) is 23.9 Å². The van der Waals surface area contributed by atoms with Crippen LogP contribution in [-0.2, 0) is 6.54 Å². The molecule has 0 aliphatic heterocycles. The van der Waals surface area contributed by atoms with Gasteiger partial charge in [0, 0.05) is 25.5 Å². The normalized spacial score (nSPS) is 10.4. The van der Waals surface area contributed by atoms with Crippen LogP contribution in [0.15, 0.2) is 18.7 Å². The molecule has 0 aliphatic carbocycles. The molecule has 2 aromatic rings. The van der Waals surface area contributed by atoms with Crippen LogP contribution in [0.1, 0.15) is 19.8 Å². The molecule has 9 heteroatoms. The number of unbranched alkanes of at least 4 members (excludes halogenated alkanes) is 1. The third-order valence-electron chi connectivity index (χ3n) is 2.70. The third-order valence-corrected chi connectivity index (χ3v) is 2.70. The largest absolute Gasteiger partial charge is 0.464 e. The topological polar surface area (TPSA) is 116 Å². The Morgan fingerprint density at radius 3 is 2.81 bits per heavy atom. The third kappa shape index (κ3) is 4.88. The summed E-state index contributed by atoms with van der Waals surface area (Å²) in [6.07, 6.45) is 7.56. The van der Waals surface area contributed by atoms with Crippen LogP contribution < -0.4 is 21.3 Å². The fourth-order valence-corrected chi connectivity index (χ4v) is 1.73. The molecule has 0 saturated carbocycles. The summed E-state index contributed by atoms with van der Waals surface area (Å²) in [4.78, 5) is 16.3. The van der Waals surface area contributed by atoms with Crippen LogP contribution in [0.5, 0.6) is 6.01 Å². The second kappa shape index (κ2) is 8.00. The quantitative estimate of drug-likeness (QED) is 0.350. The Morgan fingerprint density at radius 2 is 2.10 bits per heavy atom. The van der Waals surface area contributed by atoms with Gasteiger partial charge in [-0.3, -0.25) is 5.43 Å². The van der Waals surface area contributed by atoms with Crippen molar-refractivity contribution in [3.63, 3.8) is 0 Å². The van der Waals surface area contributed by atoms with Gasteiger partial charge in [0.15, 0.2) is 0 Å². The van der Waals surface area contributed by atoms with Crippen molar-refractivity contribution in [1.29, 1.82) is 0 Å². The summed E-state index contributed by atoms with van der Waals surface area (Å²) in [7, 11) is 0. The van der Waals surface area contributed by atoms with E-state index in [1.807, 2.05) is 24.0 Å². The van der Waals surface area contributed by atoms with Crippen molar-refractivity contribution in [2.24, 2.45) is 5.84 Å². The highest BCUT2D eigenvalue weighted by Crippen LogP contribution is 2.10. The van der Waals surface area contributed by atoms with Crippen molar-refractivity contribution in [1.82, 2.24) is 24.5 Å². The molecule has 114 valence electrons. The zero-order valence-corrected chi connectivity index (χ0v) is 12.0. The molecule has 2 rings (SSSR count). The number of hydrogen-bond acceptors (Lipinski definition) is 8. The Balaban J connectivity index is 1.77. The lowest BCUT2D eigenvalue weighted by Gasteiger charge is -2.08. The van der Waals surface area contributed by atoms with Crippen LogP contribution in [0.25, 0.3) is 0 Å². The fraction of sp³-hybridized carbons (Fsp3) is 0.500. The van der Waals surface area contributed by atoms with E-state index in [1.54, 1.807) is 6.20 Å². The van der Waals surface area contributed by atoms with E-state index in [-0.39, 0.29) is 12.0 Å². The summed E-state index contributed by atoms with van der Waals surface area (Å²) in [6.45, 7) is 4.05. The minimum atomic E-state index is 0.251. The minimum Gasteiger partial charge on any atom is -0.464 e. The zero-order chi connectivity index (χ0) is 14.9. The number of hydrazine groups is 1. The summed E-state index contributed by atoms with van der Waals surface area (Å²) in [5.74, 6) is 6.04. The lowest BCUT2D eigenvalue weighted by Crippen LogP contribution is -2.15.